The van der Waals surface area contributed by atoms with Crippen molar-refractivity contribution in [3.8, 4) is 0 Å². The lowest BCUT2D eigenvalue weighted by atomic mass is 9.86. The van der Waals surface area contributed by atoms with Crippen LogP contribution in [0.3, 0.4) is 0 Å². The molecule has 1 aliphatic rings. The molecule has 0 N–H and O–H groups in total. The minimum absolute atomic E-state index is 0.319. The van der Waals surface area contributed by atoms with Crippen LogP contribution in [-0.4, -0.2) is 12.0 Å². The molecule has 0 aromatic rings. The first kappa shape index (κ1) is 10.1. The first-order valence-corrected chi connectivity index (χ1v) is 4.93. The summed E-state index contributed by atoms with van der Waals surface area (Å²) < 4.78 is 0. The Labute approximate surface area is 78.2 Å². The van der Waals surface area contributed by atoms with Gasteiger partial charge in [0.05, 0.1) is 0 Å². The van der Waals surface area contributed by atoms with Crippen LogP contribution < -0.4 is 0 Å². The van der Waals surface area contributed by atoms with Gasteiger partial charge < -0.3 is 0 Å². The van der Waals surface area contributed by atoms with E-state index in [1.54, 1.807) is 0 Å². The highest BCUT2D eigenvalue weighted by Crippen LogP contribution is 2.27. The standard InChI is InChI=1S/C10H15NO2/c12-8-11-10(13)7-6-9-4-2-1-3-5-9/h9H,1-7H2. The Hall–Kier alpha value is -0.950. The van der Waals surface area contributed by atoms with Crippen molar-refractivity contribution in [3.05, 3.63) is 0 Å². The average molecular weight is 181 g/mol. The van der Waals surface area contributed by atoms with Crippen LogP contribution in [0.15, 0.2) is 4.99 Å². The Kier molecular flexibility index (Phi) is 4.41. The summed E-state index contributed by atoms with van der Waals surface area (Å²) in [5.41, 5.74) is 0. The molecule has 1 fully saturated rings. The molecular formula is C10H15NO2. The number of aliphatic imine (C=N–C) groups is 1. The summed E-state index contributed by atoms with van der Waals surface area (Å²) in [4.78, 5) is 23.7. The lowest BCUT2D eigenvalue weighted by Gasteiger charge is -2.20. The average Bonchev–Trinajstić information content (AvgIpc) is 2.17. The van der Waals surface area contributed by atoms with Gasteiger partial charge in [0.2, 0.25) is 6.08 Å². The SMILES string of the molecule is O=C=NC(=O)CCC1CCCCC1. The number of hydrogen-bond acceptors (Lipinski definition) is 2. The van der Waals surface area contributed by atoms with E-state index in [1.807, 2.05) is 0 Å². The van der Waals surface area contributed by atoms with E-state index in [0.29, 0.717) is 12.3 Å². The van der Waals surface area contributed by atoms with E-state index in [4.69, 9.17) is 0 Å². The lowest BCUT2D eigenvalue weighted by Crippen LogP contribution is -2.07. The Morgan fingerprint density at radius 2 is 2.00 bits per heavy atom. The largest absolute Gasteiger partial charge is 0.272 e. The third-order valence-electron chi connectivity index (χ3n) is 2.66. The van der Waals surface area contributed by atoms with Gasteiger partial charge in [-0.25, -0.2) is 4.79 Å². The van der Waals surface area contributed by atoms with Gasteiger partial charge in [0.25, 0.3) is 5.91 Å². The molecule has 0 aliphatic heterocycles. The molecule has 0 aromatic heterocycles. The van der Waals surface area contributed by atoms with Crippen molar-refractivity contribution in [2.75, 3.05) is 0 Å². The highest BCUT2D eigenvalue weighted by molar-refractivity contribution is 5.81. The fourth-order valence-electron chi connectivity index (χ4n) is 1.91. The van der Waals surface area contributed by atoms with Crippen molar-refractivity contribution in [2.45, 2.75) is 44.9 Å². The minimum atomic E-state index is -0.319. The van der Waals surface area contributed by atoms with Crippen molar-refractivity contribution in [1.82, 2.24) is 0 Å². The summed E-state index contributed by atoms with van der Waals surface area (Å²) >= 11 is 0. The van der Waals surface area contributed by atoms with Crippen molar-refractivity contribution in [2.24, 2.45) is 10.9 Å². The molecular weight excluding hydrogens is 166 g/mol. The van der Waals surface area contributed by atoms with Gasteiger partial charge in [-0.3, -0.25) is 4.79 Å². The van der Waals surface area contributed by atoms with Gasteiger partial charge in [-0.2, -0.15) is 0 Å². The van der Waals surface area contributed by atoms with Gasteiger partial charge in [0, 0.05) is 6.42 Å². The van der Waals surface area contributed by atoms with Crippen LogP contribution >= 0.6 is 0 Å². The quantitative estimate of drug-likeness (QED) is 0.495. The maximum absolute atomic E-state index is 10.9. The van der Waals surface area contributed by atoms with Gasteiger partial charge in [-0.15, -0.1) is 4.99 Å². The van der Waals surface area contributed by atoms with Crippen LogP contribution in [0.2, 0.25) is 0 Å². The molecule has 0 unspecified atom stereocenters. The van der Waals surface area contributed by atoms with Gasteiger partial charge in [-0.1, -0.05) is 32.1 Å². The van der Waals surface area contributed by atoms with E-state index in [1.165, 1.54) is 38.2 Å². The van der Waals surface area contributed by atoms with Crippen LogP contribution in [0.1, 0.15) is 44.9 Å². The van der Waals surface area contributed by atoms with Crippen LogP contribution in [0.4, 0.5) is 0 Å². The van der Waals surface area contributed by atoms with Gasteiger partial charge in [-0.05, 0) is 12.3 Å². The van der Waals surface area contributed by atoms with Gasteiger partial charge in [0.1, 0.15) is 0 Å². The third kappa shape index (κ3) is 4.00. The van der Waals surface area contributed by atoms with E-state index in [-0.39, 0.29) is 5.91 Å². The molecule has 3 heteroatoms. The van der Waals surface area contributed by atoms with E-state index in [9.17, 15) is 9.59 Å². The molecule has 0 bridgehead atoms. The first-order valence-electron chi connectivity index (χ1n) is 4.93. The number of rotatable bonds is 3. The van der Waals surface area contributed by atoms with E-state index in [0.717, 1.165) is 6.42 Å². The highest BCUT2D eigenvalue weighted by Gasteiger charge is 2.14. The Morgan fingerprint density at radius 3 is 2.62 bits per heavy atom. The number of nitrogens with zero attached hydrogens (tertiary/aromatic N) is 1. The van der Waals surface area contributed by atoms with Gasteiger partial charge in [0.15, 0.2) is 0 Å². The minimum Gasteiger partial charge on any atom is -0.272 e. The molecule has 0 heterocycles. The molecule has 0 spiro atoms. The zero-order chi connectivity index (χ0) is 9.52. The molecule has 0 aromatic carbocycles. The molecule has 72 valence electrons. The summed E-state index contributed by atoms with van der Waals surface area (Å²) in [7, 11) is 0. The fourth-order valence-corrected chi connectivity index (χ4v) is 1.91. The third-order valence-corrected chi connectivity index (χ3v) is 2.66. The molecule has 1 saturated carbocycles. The molecule has 1 amide bonds. The Morgan fingerprint density at radius 1 is 1.31 bits per heavy atom. The van der Waals surface area contributed by atoms with Crippen molar-refractivity contribution >= 4 is 12.0 Å². The summed E-state index contributed by atoms with van der Waals surface area (Å²) in [6.07, 6.45) is 8.96. The van der Waals surface area contributed by atoms with Crippen LogP contribution in [-0.2, 0) is 9.59 Å². The molecule has 1 rings (SSSR count). The molecule has 1 aliphatic carbocycles. The topological polar surface area (TPSA) is 46.5 Å². The van der Waals surface area contributed by atoms with Crippen LogP contribution in [0, 0.1) is 5.92 Å². The number of isocyanates is 1. The van der Waals surface area contributed by atoms with Crippen molar-refractivity contribution in [1.29, 1.82) is 0 Å². The maximum atomic E-state index is 10.9. The zero-order valence-electron chi connectivity index (χ0n) is 7.79. The first-order chi connectivity index (χ1) is 6.33. The fraction of sp³-hybridized carbons (Fsp3) is 0.800. The monoisotopic (exact) mass is 181 g/mol. The molecule has 0 atom stereocenters. The van der Waals surface area contributed by atoms with E-state index in [2.05, 4.69) is 4.99 Å². The summed E-state index contributed by atoms with van der Waals surface area (Å²) in [6.45, 7) is 0. The number of carbonyl (C=O) groups excluding carboxylic acids is 2. The molecule has 0 saturated heterocycles. The second-order valence-corrected chi connectivity index (χ2v) is 3.64. The second kappa shape index (κ2) is 5.65. The van der Waals surface area contributed by atoms with Crippen LogP contribution in [0.5, 0.6) is 0 Å². The predicted octanol–water partition coefficient (Wildman–Crippen LogP) is 2.21. The summed E-state index contributed by atoms with van der Waals surface area (Å²) in [5, 5.41) is 0. The molecule has 3 nitrogen and oxygen atoms in total. The summed E-state index contributed by atoms with van der Waals surface area (Å²) in [6, 6.07) is 0. The highest BCUT2D eigenvalue weighted by atomic mass is 16.2. The van der Waals surface area contributed by atoms with Crippen LogP contribution in [0.25, 0.3) is 0 Å². The predicted molar refractivity (Wildman–Crippen MR) is 48.9 cm³/mol. The smallest absolute Gasteiger partial charge is 0.256 e. The normalized spacial score (nSPS) is 17.8. The van der Waals surface area contributed by atoms with E-state index < -0.39 is 0 Å². The number of carbonyl (C=O) groups is 1. The lowest BCUT2D eigenvalue weighted by molar-refractivity contribution is -0.118. The maximum Gasteiger partial charge on any atom is 0.256 e. The van der Waals surface area contributed by atoms with Crippen molar-refractivity contribution < 1.29 is 9.59 Å². The zero-order valence-corrected chi connectivity index (χ0v) is 7.79. The molecule has 0 radical (unpaired) electrons. The van der Waals surface area contributed by atoms with E-state index >= 15 is 0 Å². The Balaban J connectivity index is 2.17. The molecule has 13 heavy (non-hydrogen) atoms. The number of amides is 1. The van der Waals surface area contributed by atoms with Gasteiger partial charge >= 0.3 is 0 Å². The second-order valence-electron chi connectivity index (χ2n) is 3.64. The summed E-state index contributed by atoms with van der Waals surface area (Å²) in [5.74, 6) is 0.361. The number of hydrogen-bond donors (Lipinski definition) is 0. The Bertz CT molecular complexity index is 213. The van der Waals surface area contributed by atoms with Crippen molar-refractivity contribution in [3.63, 3.8) is 0 Å².